The summed E-state index contributed by atoms with van der Waals surface area (Å²) in [6.45, 7) is 17.5. The van der Waals surface area contributed by atoms with Crippen LogP contribution in [-0.2, 0) is 16.6 Å². The number of hydrogen-bond donors (Lipinski definition) is 3. The highest BCUT2D eigenvalue weighted by Crippen LogP contribution is 2.29. The number of amides is 2. The van der Waals surface area contributed by atoms with Crippen LogP contribution in [0.1, 0.15) is 104 Å². The van der Waals surface area contributed by atoms with Gasteiger partial charge in [0, 0.05) is 29.6 Å². The first-order valence-electron chi connectivity index (χ1n) is 18.0. The van der Waals surface area contributed by atoms with E-state index in [9.17, 15) is 9.59 Å². The van der Waals surface area contributed by atoms with Gasteiger partial charge in [-0.15, -0.1) is 11.3 Å². The maximum atomic E-state index is 13.4. The molecule has 9 heteroatoms. The highest BCUT2D eigenvalue weighted by atomic mass is 32.1. The van der Waals surface area contributed by atoms with Gasteiger partial charge in [-0.1, -0.05) is 89.8 Å². The van der Waals surface area contributed by atoms with E-state index < -0.39 is 6.04 Å². The first-order valence-corrected chi connectivity index (χ1v) is 18.8. The summed E-state index contributed by atoms with van der Waals surface area (Å²) >= 11 is 1.47. The minimum absolute atomic E-state index is 0.0539. The molecule has 0 bridgehead atoms. The zero-order valence-electron chi connectivity index (χ0n) is 30.5. The molecule has 3 aromatic rings. The van der Waals surface area contributed by atoms with Crippen LogP contribution in [0, 0.1) is 5.92 Å². The third-order valence-corrected chi connectivity index (χ3v) is 10.4. The van der Waals surface area contributed by atoms with Crippen molar-refractivity contribution in [2.24, 2.45) is 15.9 Å². The molecule has 2 heterocycles. The van der Waals surface area contributed by atoms with Gasteiger partial charge in [0.05, 0.1) is 11.5 Å². The lowest BCUT2D eigenvalue weighted by atomic mass is 9.95. The largest absolute Gasteiger partial charge is 0.494 e. The Morgan fingerprint density at radius 3 is 2.38 bits per heavy atom. The molecule has 8 nitrogen and oxygen atoms in total. The molecule has 1 saturated heterocycles. The van der Waals surface area contributed by atoms with Crippen LogP contribution in [0.4, 0.5) is 0 Å². The SMILES string of the molecule is C=NC(=N/C=C(\C)c1ccc(OCCCCCCC)cc1)c1ccc(C[C@H](NC(=O)c2ccc(C(C)(C)C)s2)C(=O)NC[C@@H]2CCNC2)cc1. The number of nitrogens with one attached hydrogen (secondary N) is 3. The summed E-state index contributed by atoms with van der Waals surface area (Å²) < 4.78 is 5.91. The molecule has 0 unspecified atom stereocenters. The van der Waals surface area contributed by atoms with Crippen LogP contribution < -0.4 is 20.7 Å². The molecule has 2 aromatic carbocycles. The van der Waals surface area contributed by atoms with Crippen LogP contribution in [0.2, 0.25) is 0 Å². The Kier molecular flexibility index (Phi) is 15.0. The average molecular weight is 698 g/mol. The summed E-state index contributed by atoms with van der Waals surface area (Å²) in [7, 11) is 0. The van der Waals surface area contributed by atoms with Gasteiger partial charge in [0.25, 0.3) is 5.91 Å². The summed E-state index contributed by atoms with van der Waals surface area (Å²) in [6, 6.07) is 19.0. The van der Waals surface area contributed by atoms with E-state index >= 15 is 0 Å². The highest BCUT2D eigenvalue weighted by molar-refractivity contribution is 7.14. The third kappa shape index (κ3) is 12.1. The van der Waals surface area contributed by atoms with E-state index in [1.807, 2.05) is 67.6 Å². The molecule has 1 fully saturated rings. The standard InChI is InChI=1S/C41H55N5O3S/c1-7-8-9-10-11-24-49-34-18-16-32(17-19-34)29(2)26-44-38(42-6)33-14-12-30(13-15-33)25-35(39(47)45-28-31-22-23-43-27-31)46-40(48)36-20-21-37(50-36)41(3,4)5/h12-21,26,31,35,43H,6-11,22-25,27-28H2,1-5H3,(H,45,47)(H,46,48)/b29-26+,44-38?/t31-,35+/m1/s1. The van der Waals surface area contributed by atoms with Gasteiger partial charge in [0.2, 0.25) is 5.91 Å². The summed E-state index contributed by atoms with van der Waals surface area (Å²) in [5.74, 6) is 1.35. The van der Waals surface area contributed by atoms with E-state index in [1.54, 1.807) is 6.20 Å². The number of unbranched alkanes of at least 4 members (excludes halogenated alkanes) is 4. The number of ether oxygens (including phenoxy) is 1. The molecular weight excluding hydrogens is 643 g/mol. The fourth-order valence-corrected chi connectivity index (χ4v) is 6.70. The number of allylic oxidation sites excluding steroid dienone is 1. The monoisotopic (exact) mass is 697 g/mol. The fourth-order valence-electron chi connectivity index (χ4n) is 5.73. The van der Waals surface area contributed by atoms with E-state index in [0.29, 0.717) is 29.6 Å². The lowest BCUT2D eigenvalue weighted by Crippen LogP contribution is -2.49. The summed E-state index contributed by atoms with van der Waals surface area (Å²) in [5, 5.41) is 9.44. The van der Waals surface area contributed by atoms with Gasteiger partial charge >= 0.3 is 0 Å². The number of nitrogens with zero attached hydrogens (tertiary/aromatic N) is 2. The zero-order valence-corrected chi connectivity index (χ0v) is 31.3. The quantitative estimate of drug-likeness (QED) is 0.0756. The molecular formula is C41H55N5O3S. The number of amidine groups is 1. The first kappa shape index (κ1) is 38.7. The zero-order chi connectivity index (χ0) is 35.9. The second-order valence-corrected chi connectivity index (χ2v) is 15.2. The number of carbonyl (C=O) groups excluding carboxylic acids is 2. The average Bonchev–Trinajstić information content (AvgIpc) is 3.83. The first-order chi connectivity index (χ1) is 24.1. The van der Waals surface area contributed by atoms with Crippen molar-refractivity contribution in [1.82, 2.24) is 16.0 Å². The topological polar surface area (TPSA) is 104 Å². The molecule has 3 N–H and O–H groups in total. The van der Waals surface area contributed by atoms with Crippen LogP contribution in [0.3, 0.4) is 0 Å². The Bertz CT molecular complexity index is 1600. The molecule has 268 valence electrons. The van der Waals surface area contributed by atoms with E-state index in [2.05, 4.69) is 60.3 Å². The van der Waals surface area contributed by atoms with Crippen LogP contribution in [0.25, 0.3) is 5.57 Å². The van der Waals surface area contributed by atoms with Crippen LogP contribution in [-0.4, -0.2) is 56.7 Å². The number of carbonyl (C=O) groups is 2. The highest BCUT2D eigenvalue weighted by Gasteiger charge is 2.25. The Morgan fingerprint density at radius 1 is 1.02 bits per heavy atom. The summed E-state index contributed by atoms with van der Waals surface area (Å²) in [6.07, 6.45) is 9.25. The van der Waals surface area contributed by atoms with Crippen LogP contribution >= 0.6 is 11.3 Å². The number of benzene rings is 2. The Balaban J connectivity index is 1.40. The third-order valence-electron chi connectivity index (χ3n) is 8.93. The Hall–Kier alpha value is -4.08. The normalized spacial score (nSPS) is 15.8. The molecule has 1 aliphatic heterocycles. The molecule has 4 rings (SSSR count). The molecule has 2 amide bonds. The maximum Gasteiger partial charge on any atom is 0.262 e. The molecule has 0 spiro atoms. The predicted octanol–water partition coefficient (Wildman–Crippen LogP) is 7.97. The smallest absolute Gasteiger partial charge is 0.262 e. The molecule has 1 aliphatic rings. The lowest BCUT2D eigenvalue weighted by molar-refractivity contribution is -0.123. The van der Waals surface area contributed by atoms with Crippen molar-refractivity contribution in [1.29, 1.82) is 0 Å². The Labute approximate surface area is 302 Å². The predicted molar refractivity (Wildman–Crippen MR) is 209 cm³/mol. The minimum Gasteiger partial charge on any atom is -0.494 e. The van der Waals surface area contributed by atoms with Crippen LogP contribution in [0.15, 0.2) is 76.8 Å². The summed E-state index contributed by atoms with van der Waals surface area (Å²) in [4.78, 5) is 37.3. The van der Waals surface area contributed by atoms with Crippen molar-refractivity contribution in [2.75, 3.05) is 26.2 Å². The van der Waals surface area contributed by atoms with Gasteiger partial charge in [0.1, 0.15) is 11.8 Å². The Morgan fingerprint density at radius 2 is 1.74 bits per heavy atom. The van der Waals surface area contributed by atoms with Crippen molar-refractivity contribution >= 4 is 41.3 Å². The van der Waals surface area contributed by atoms with Crippen LogP contribution in [0.5, 0.6) is 5.75 Å². The molecule has 50 heavy (non-hydrogen) atoms. The number of hydrogen-bond acceptors (Lipinski definition) is 6. The number of aliphatic imine (C=N–C) groups is 2. The lowest BCUT2D eigenvalue weighted by Gasteiger charge is -2.20. The molecule has 0 saturated carbocycles. The van der Waals surface area contributed by atoms with Crippen molar-refractivity contribution in [3.63, 3.8) is 0 Å². The minimum atomic E-state index is -0.721. The molecule has 1 aromatic heterocycles. The number of rotatable bonds is 17. The van der Waals surface area contributed by atoms with E-state index in [0.717, 1.165) is 65.4 Å². The second kappa shape index (κ2) is 19.3. The molecule has 2 atom stereocenters. The molecule has 0 radical (unpaired) electrons. The van der Waals surface area contributed by atoms with Gasteiger partial charge in [-0.2, -0.15) is 0 Å². The number of thiophene rings is 1. The van der Waals surface area contributed by atoms with Gasteiger partial charge in [-0.05, 0) is 91.9 Å². The second-order valence-electron chi connectivity index (χ2n) is 14.2. The molecule has 0 aliphatic carbocycles. The van der Waals surface area contributed by atoms with Crippen molar-refractivity contribution < 1.29 is 14.3 Å². The fraction of sp³-hybridized carbons (Fsp3) is 0.463. The van der Waals surface area contributed by atoms with Gasteiger partial charge in [0.15, 0.2) is 5.84 Å². The maximum absolute atomic E-state index is 13.4. The van der Waals surface area contributed by atoms with Crippen molar-refractivity contribution in [3.05, 3.63) is 93.3 Å². The van der Waals surface area contributed by atoms with Crippen molar-refractivity contribution in [2.45, 2.75) is 91.0 Å². The van der Waals surface area contributed by atoms with Gasteiger partial charge in [-0.25, -0.2) is 9.98 Å². The van der Waals surface area contributed by atoms with Gasteiger partial charge in [-0.3, -0.25) is 9.59 Å². The van der Waals surface area contributed by atoms with E-state index in [1.165, 1.54) is 37.0 Å². The van der Waals surface area contributed by atoms with Gasteiger partial charge < -0.3 is 20.7 Å². The van der Waals surface area contributed by atoms with E-state index in [4.69, 9.17) is 4.74 Å². The van der Waals surface area contributed by atoms with Crippen molar-refractivity contribution in [3.8, 4) is 5.75 Å². The summed E-state index contributed by atoms with van der Waals surface area (Å²) in [5.41, 5.74) is 3.71. The van der Waals surface area contributed by atoms with E-state index in [-0.39, 0.29) is 17.2 Å².